The first kappa shape index (κ1) is 20.6. The van der Waals surface area contributed by atoms with Gasteiger partial charge in [0.15, 0.2) is 11.6 Å². The van der Waals surface area contributed by atoms with Crippen LogP contribution < -0.4 is 4.74 Å². The van der Waals surface area contributed by atoms with Gasteiger partial charge in [-0.15, -0.1) is 0 Å². The zero-order valence-electron chi connectivity index (χ0n) is 17.4. The average Bonchev–Trinajstić information content (AvgIpc) is 3.41. The number of aryl methyl sites for hydroxylation is 1. The molecule has 6 heteroatoms. The van der Waals surface area contributed by atoms with Crippen LogP contribution in [0.3, 0.4) is 0 Å². The molecule has 0 aliphatic carbocycles. The molecule has 31 heavy (non-hydrogen) atoms. The molecule has 0 bridgehead atoms. The molecule has 0 saturated carbocycles. The Labute approximate surface area is 179 Å². The molecule has 158 valence electrons. The Morgan fingerprint density at radius 3 is 2.48 bits per heavy atom. The number of methoxy groups -OCH3 is 1. The number of hydrogen-bond donors (Lipinski definition) is 1. The Morgan fingerprint density at radius 2 is 1.77 bits per heavy atom. The van der Waals surface area contributed by atoms with Crippen molar-refractivity contribution < 1.29 is 17.9 Å². The smallest absolute Gasteiger partial charge is 0.292 e. The van der Waals surface area contributed by atoms with Crippen molar-refractivity contribution in [3.8, 4) is 39.9 Å². The van der Waals surface area contributed by atoms with Crippen LogP contribution in [0.4, 0.5) is 8.78 Å². The molecule has 0 unspecified atom stereocenters. The lowest BCUT2D eigenvalue weighted by atomic mass is 9.99. The van der Waals surface area contributed by atoms with E-state index in [1.807, 2.05) is 37.3 Å². The quantitative estimate of drug-likeness (QED) is 0.342. The third-order valence-corrected chi connectivity index (χ3v) is 5.00. The Bertz CT molecular complexity index is 1220. The van der Waals surface area contributed by atoms with Crippen LogP contribution >= 0.6 is 0 Å². The maximum Gasteiger partial charge on any atom is 0.292 e. The summed E-state index contributed by atoms with van der Waals surface area (Å²) in [6.45, 7) is 3.49. The van der Waals surface area contributed by atoms with Gasteiger partial charge in [0.25, 0.3) is 5.92 Å². The van der Waals surface area contributed by atoms with E-state index in [-0.39, 0.29) is 5.56 Å². The van der Waals surface area contributed by atoms with E-state index in [0.29, 0.717) is 28.7 Å². The fourth-order valence-corrected chi connectivity index (χ4v) is 3.50. The van der Waals surface area contributed by atoms with E-state index in [1.54, 1.807) is 31.2 Å². The van der Waals surface area contributed by atoms with Crippen molar-refractivity contribution in [1.29, 1.82) is 0 Å². The van der Waals surface area contributed by atoms with Gasteiger partial charge in [-0.1, -0.05) is 36.4 Å². The summed E-state index contributed by atoms with van der Waals surface area (Å²) in [5, 5.41) is 0. The SMILES string of the molecule is C/C=C/C(F)(F)c1cc(OC)ccc1-c1ccc(-c2nc(-c3ccccc3)c(C)[nH]2)o1. The fourth-order valence-electron chi connectivity index (χ4n) is 3.50. The minimum absolute atomic E-state index is 0.188. The van der Waals surface area contributed by atoms with E-state index < -0.39 is 5.92 Å². The van der Waals surface area contributed by atoms with E-state index >= 15 is 0 Å². The number of nitrogens with one attached hydrogen (secondary N) is 1. The zero-order valence-corrected chi connectivity index (χ0v) is 17.4. The van der Waals surface area contributed by atoms with Crippen molar-refractivity contribution >= 4 is 0 Å². The van der Waals surface area contributed by atoms with Crippen molar-refractivity contribution in [2.75, 3.05) is 7.11 Å². The Kier molecular flexibility index (Phi) is 5.46. The minimum Gasteiger partial charge on any atom is -0.497 e. The second kappa shape index (κ2) is 8.22. The highest BCUT2D eigenvalue weighted by atomic mass is 19.3. The summed E-state index contributed by atoms with van der Waals surface area (Å²) < 4.78 is 40.7. The molecule has 0 saturated heterocycles. The highest BCUT2D eigenvalue weighted by Crippen LogP contribution is 2.40. The zero-order chi connectivity index (χ0) is 22.0. The molecule has 4 nitrogen and oxygen atoms in total. The fraction of sp³-hybridized carbons (Fsp3) is 0.160. The van der Waals surface area contributed by atoms with E-state index in [2.05, 4.69) is 9.97 Å². The number of allylic oxidation sites excluding steroid dienone is 2. The number of benzene rings is 2. The van der Waals surface area contributed by atoms with Crippen molar-refractivity contribution in [2.45, 2.75) is 19.8 Å². The molecule has 0 atom stereocenters. The maximum absolute atomic E-state index is 14.8. The molecule has 0 radical (unpaired) electrons. The van der Waals surface area contributed by atoms with Gasteiger partial charge in [-0.25, -0.2) is 4.98 Å². The van der Waals surface area contributed by atoms with Crippen molar-refractivity contribution in [3.05, 3.63) is 84.1 Å². The van der Waals surface area contributed by atoms with Crippen LogP contribution in [0.15, 0.2) is 77.2 Å². The molecule has 2 aromatic carbocycles. The van der Waals surface area contributed by atoms with Gasteiger partial charge in [0.2, 0.25) is 0 Å². The van der Waals surface area contributed by atoms with E-state index in [1.165, 1.54) is 19.3 Å². The number of ether oxygens (including phenoxy) is 1. The van der Waals surface area contributed by atoms with Crippen LogP contribution in [0.1, 0.15) is 18.2 Å². The van der Waals surface area contributed by atoms with Crippen LogP contribution in [0.2, 0.25) is 0 Å². The summed E-state index contributed by atoms with van der Waals surface area (Å²) in [7, 11) is 1.45. The number of halogens is 2. The van der Waals surface area contributed by atoms with E-state index in [9.17, 15) is 8.78 Å². The Morgan fingerprint density at radius 1 is 1.03 bits per heavy atom. The predicted octanol–water partition coefficient (Wildman–Crippen LogP) is 6.99. The number of alkyl halides is 2. The molecule has 2 heterocycles. The molecule has 0 aliphatic rings. The summed E-state index contributed by atoms with van der Waals surface area (Å²) in [4.78, 5) is 7.88. The number of imidazole rings is 1. The van der Waals surface area contributed by atoms with Gasteiger partial charge in [0, 0.05) is 22.4 Å². The third-order valence-electron chi connectivity index (χ3n) is 5.00. The number of hydrogen-bond acceptors (Lipinski definition) is 3. The van der Waals surface area contributed by atoms with Gasteiger partial charge in [0.05, 0.1) is 12.8 Å². The minimum atomic E-state index is -3.17. The summed E-state index contributed by atoms with van der Waals surface area (Å²) in [6.07, 6.45) is 2.19. The molecular weight excluding hydrogens is 398 g/mol. The Hall–Kier alpha value is -3.67. The van der Waals surface area contributed by atoms with E-state index in [0.717, 1.165) is 23.0 Å². The largest absolute Gasteiger partial charge is 0.497 e. The monoisotopic (exact) mass is 420 g/mol. The topological polar surface area (TPSA) is 51.0 Å². The summed E-state index contributed by atoms with van der Waals surface area (Å²) in [6, 6.07) is 17.8. The second-order valence-corrected chi connectivity index (χ2v) is 7.12. The average molecular weight is 420 g/mol. The molecule has 0 amide bonds. The van der Waals surface area contributed by atoms with Crippen molar-refractivity contribution in [3.63, 3.8) is 0 Å². The van der Waals surface area contributed by atoms with Gasteiger partial charge >= 0.3 is 0 Å². The molecule has 4 aromatic rings. The van der Waals surface area contributed by atoms with Crippen LogP contribution in [0.25, 0.3) is 34.2 Å². The van der Waals surface area contributed by atoms with Crippen LogP contribution in [0, 0.1) is 6.92 Å². The molecule has 0 fully saturated rings. The van der Waals surface area contributed by atoms with Crippen molar-refractivity contribution in [2.24, 2.45) is 0 Å². The van der Waals surface area contributed by atoms with Crippen molar-refractivity contribution in [1.82, 2.24) is 9.97 Å². The van der Waals surface area contributed by atoms with E-state index in [4.69, 9.17) is 9.15 Å². The van der Waals surface area contributed by atoms with Gasteiger partial charge in [0.1, 0.15) is 11.5 Å². The first-order chi connectivity index (χ1) is 14.9. The van der Waals surface area contributed by atoms with Crippen LogP contribution in [-0.2, 0) is 5.92 Å². The molecule has 1 N–H and O–H groups in total. The number of furan rings is 1. The highest BCUT2D eigenvalue weighted by Gasteiger charge is 2.32. The summed E-state index contributed by atoms with van der Waals surface area (Å²) >= 11 is 0. The standard InChI is InChI=1S/C25H22F2N2O2/c1-4-14-25(26,27)20-15-18(30-3)10-11-19(20)21-12-13-22(31-21)24-28-16(2)23(29-24)17-8-6-5-7-9-17/h4-15H,1-3H3,(H,28,29)/b14-4+. The van der Waals surface area contributed by atoms with Gasteiger partial charge in [-0.05, 0) is 50.3 Å². The molecule has 4 rings (SSSR count). The van der Waals surface area contributed by atoms with Gasteiger partial charge in [-0.3, -0.25) is 0 Å². The lowest BCUT2D eigenvalue weighted by molar-refractivity contribution is 0.0522. The summed E-state index contributed by atoms with van der Waals surface area (Å²) in [5.74, 6) is -1.49. The molecular formula is C25H22F2N2O2. The molecule has 0 aliphatic heterocycles. The number of aromatic nitrogens is 2. The lowest BCUT2D eigenvalue weighted by Crippen LogP contribution is -2.11. The first-order valence-corrected chi connectivity index (χ1v) is 9.85. The van der Waals surface area contributed by atoms with Gasteiger partial charge < -0.3 is 14.1 Å². The maximum atomic E-state index is 14.8. The Balaban J connectivity index is 1.75. The molecule has 0 spiro atoms. The first-order valence-electron chi connectivity index (χ1n) is 9.85. The summed E-state index contributed by atoms with van der Waals surface area (Å²) in [5.41, 5.74) is 2.80. The number of rotatable bonds is 6. The number of H-pyrrole nitrogens is 1. The normalized spacial score (nSPS) is 11.9. The van der Waals surface area contributed by atoms with Gasteiger partial charge in [-0.2, -0.15) is 8.78 Å². The number of nitrogens with zero attached hydrogens (tertiary/aromatic N) is 1. The van der Waals surface area contributed by atoms with Crippen LogP contribution in [0.5, 0.6) is 5.75 Å². The third kappa shape index (κ3) is 4.01. The second-order valence-electron chi connectivity index (χ2n) is 7.12. The number of aromatic amines is 1. The van der Waals surface area contributed by atoms with Crippen LogP contribution in [-0.4, -0.2) is 17.1 Å². The predicted molar refractivity (Wildman–Crippen MR) is 117 cm³/mol. The molecule has 2 aromatic heterocycles. The lowest BCUT2D eigenvalue weighted by Gasteiger charge is -2.17. The highest BCUT2D eigenvalue weighted by molar-refractivity contribution is 5.70.